The molecule has 0 fully saturated rings. The van der Waals surface area contributed by atoms with Crippen LogP contribution in [0.2, 0.25) is 0 Å². The lowest BCUT2D eigenvalue weighted by Gasteiger charge is -2.14. The lowest BCUT2D eigenvalue weighted by Crippen LogP contribution is -2.35. The molecule has 9 heteroatoms. The molecule has 0 spiro atoms. The highest BCUT2D eigenvalue weighted by Crippen LogP contribution is 2.36. The molecule has 2 aromatic rings. The number of nitrogens with one attached hydrogen (secondary N) is 1. The van der Waals surface area contributed by atoms with Crippen molar-refractivity contribution in [2.24, 2.45) is 0 Å². The molecule has 0 aromatic heterocycles. The smallest absolute Gasteiger partial charge is 0.446 e. The van der Waals surface area contributed by atoms with Gasteiger partial charge in [0.1, 0.15) is 5.75 Å². The van der Waals surface area contributed by atoms with Crippen LogP contribution >= 0.6 is 11.8 Å². The van der Waals surface area contributed by atoms with Crippen LogP contribution < -0.4 is 10.1 Å². The number of benzene rings is 2. The van der Waals surface area contributed by atoms with Gasteiger partial charge in [-0.3, -0.25) is 4.79 Å². The van der Waals surface area contributed by atoms with E-state index in [9.17, 15) is 22.8 Å². The normalized spacial score (nSPS) is 12.2. The zero-order chi connectivity index (χ0) is 20.7. The zero-order valence-corrected chi connectivity index (χ0v) is 15.9. The molecular weight excluding hydrogens is 395 g/mol. The average Bonchev–Trinajstić information content (AvgIpc) is 2.65. The van der Waals surface area contributed by atoms with Crippen LogP contribution in [0, 0.1) is 0 Å². The first kappa shape index (κ1) is 21.6. The minimum absolute atomic E-state index is 0.0469. The summed E-state index contributed by atoms with van der Waals surface area (Å²) in [6, 6.07) is 11.9. The van der Waals surface area contributed by atoms with Crippen molar-refractivity contribution >= 4 is 23.6 Å². The molecule has 28 heavy (non-hydrogen) atoms. The van der Waals surface area contributed by atoms with Crippen LogP contribution in [0.1, 0.15) is 22.8 Å². The Balaban J connectivity index is 1.85. The standard InChI is InChI=1S/C19H18F3NO4S/c1-12(17(24)23-11-13-3-7-15(26-2)8-4-13)27-18(25)14-5-9-16(10-6-14)28-19(20,21)22/h3-10,12H,11H2,1-2H3,(H,23,24)/t12-/m0/s1. The minimum Gasteiger partial charge on any atom is -0.497 e. The van der Waals surface area contributed by atoms with Crippen LogP contribution in [0.25, 0.3) is 0 Å². The molecular formula is C19H18F3NO4S. The van der Waals surface area contributed by atoms with E-state index in [2.05, 4.69) is 5.32 Å². The van der Waals surface area contributed by atoms with Gasteiger partial charge in [0.05, 0.1) is 12.7 Å². The first-order chi connectivity index (χ1) is 13.2. The molecule has 0 aliphatic carbocycles. The highest BCUT2D eigenvalue weighted by atomic mass is 32.2. The van der Waals surface area contributed by atoms with Crippen LogP contribution in [0.3, 0.4) is 0 Å². The molecule has 0 saturated heterocycles. The van der Waals surface area contributed by atoms with Crippen molar-refractivity contribution in [3.63, 3.8) is 0 Å². The Bertz CT molecular complexity index is 807. The molecule has 1 atom stereocenters. The van der Waals surface area contributed by atoms with Crippen LogP contribution in [-0.2, 0) is 16.1 Å². The number of methoxy groups -OCH3 is 1. The Morgan fingerprint density at radius 1 is 1.07 bits per heavy atom. The van der Waals surface area contributed by atoms with Crippen molar-refractivity contribution in [1.29, 1.82) is 0 Å². The average molecular weight is 413 g/mol. The molecule has 0 aliphatic heterocycles. The molecule has 0 radical (unpaired) electrons. The predicted molar refractivity (Wildman–Crippen MR) is 98.1 cm³/mol. The molecule has 5 nitrogen and oxygen atoms in total. The third kappa shape index (κ3) is 6.80. The van der Waals surface area contributed by atoms with E-state index in [0.717, 1.165) is 5.56 Å². The van der Waals surface area contributed by atoms with E-state index >= 15 is 0 Å². The van der Waals surface area contributed by atoms with Crippen molar-refractivity contribution in [3.8, 4) is 5.75 Å². The second-order valence-corrected chi connectivity index (χ2v) is 6.82. The molecule has 2 aromatic carbocycles. The fraction of sp³-hybridized carbons (Fsp3) is 0.263. The van der Waals surface area contributed by atoms with E-state index in [1.807, 2.05) is 0 Å². The SMILES string of the molecule is COc1ccc(CNC(=O)[C@H](C)OC(=O)c2ccc(SC(F)(F)F)cc2)cc1. The van der Waals surface area contributed by atoms with E-state index in [1.54, 1.807) is 31.4 Å². The summed E-state index contributed by atoms with van der Waals surface area (Å²) < 4.78 is 47.1. The summed E-state index contributed by atoms with van der Waals surface area (Å²) in [6.07, 6.45) is -1.06. The number of thioether (sulfide) groups is 1. The Morgan fingerprint density at radius 3 is 2.21 bits per heavy atom. The molecule has 0 saturated carbocycles. The van der Waals surface area contributed by atoms with Crippen LogP contribution in [0.4, 0.5) is 13.2 Å². The molecule has 2 rings (SSSR count). The van der Waals surface area contributed by atoms with E-state index < -0.39 is 23.5 Å². The molecule has 0 aliphatic rings. The summed E-state index contributed by atoms with van der Waals surface area (Å²) in [6.45, 7) is 1.66. The number of alkyl halides is 3. The summed E-state index contributed by atoms with van der Waals surface area (Å²) >= 11 is -0.277. The maximum absolute atomic E-state index is 12.3. The van der Waals surface area contributed by atoms with Gasteiger partial charge < -0.3 is 14.8 Å². The van der Waals surface area contributed by atoms with E-state index in [4.69, 9.17) is 9.47 Å². The third-order valence-electron chi connectivity index (χ3n) is 3.60. The van der Waals surface area contributed by atoms with Crippen molar-refractivity contribution in [2.45, 2.75) is 30.0 Å². The van der Waals surface area contributed by atoms with Crippen LogP contribution in [-0.4, -0.2) is 30.6 Å². The van der Waals surface area contributed by atoms with Crippen molar-refractivity contribution in [1.82, 2.24) is 5.32 Å². The van der Waals surface area contributed by atoms with Gasteiger partial charge in [-0.15, -0.1) is 0 Å². The number of hydrogen-bond acceptors (Lipinski definition) is 5. The number of rotatable bonds is 7. The maximum Gasteiger partial charge on any atom is 0.446 e. The fourth-order valence-electron chi connectivity index (χ4n) is 2.15. The van der Waals surface area contributed by atoms with Crippen molar-refractivity contribution in [2.75, 3.05) is 7.11 Å². The number of amides is 1. The number of ether oxygens (including phenoxy) is 2. The van der Waals surface area contributed by atoms with Gasteiger partial charge in [0.15, 0.2) is 6.10 Å². The van der Waals surface area contributed by atoms with E-state index in [1.165, 1.54) is 31.2 Å². The topological polar surface area (TPSA) is 64.6 Å². The Morgan fingerprint density at radius 2 is 1.68 bits per heavy atom. The van der Waals surface area contributed by atoms with Crippen molar-refractivity contribution in [3.05, 3.63) is 59.7 Å². The largest absolute Gasteiger partial charge is 0.497 e. The Labute approximate surface area is 164 Å². The first-order valence-corrected chi connectivity index (χ1v) is 8.97. The molecule has 0 bridgehead atoms. The highest BCUT2D eigenvalue weighted by molar-refractivity contribution is 8.00. The minimum atomic E-state index is -4.40. The molecule has 0 unspecified atom stereocenters. The lowest BCUT2D eigenvalue weighted by atomic mass is 10.2. The number of halogens is 3. The van der Waals surface area contributed by atoms with Gasteiger partial charge >= 0.3 is 11.5 Å². The second-order valence-electron chi connectivity index (χ2n) is 5.69. The highest BCUT2D eigenvalue weighted by Gasteiger charge is 2.29. The van der Waals surface area contributed by atoms with Crippen molar-refractivity contribution < 1.29 is 32.2 Å². The third-order valence-corrected chi connectivity index (χ3v) is 4.34. The van der Waals surface area contributed by atoms with Gasteiger partial charge in [-0.05, 0) is 60.6 Å². The fourth-order valence-corrected chi connectivity index (χ4v) is 2.69. The number of carbonyl (C=O) groups excluding carboxylic acids is 2. The van der Waals surface area contributed by atoms with Gasteiger partial charge in [0, 0.05) is 11.4 Å². The Kier molecular flexibility index (Phi) is 7.33. The van der Waals surface area contributed by atoms with Gasteiger partial charge in [-0.1, -0.05) is 12.1 Å². The number of hydrogen-bond donors (Lipinski definition) is 1. The monoisotopic (exact) mass is 413 g/mol. The number of carbonyl (C=O) groups is 2. The lowest BCUT2D eigenvalue weighted by molar-refractivity contribution is -0.129. The first-order valence-electron chi connectivity index (χ1n) is 8.15. The summed E-state index contributed by atoms with van der Waals surface area (Å²) in [5.41, 5.74) is -3.51. The molecule has 0 heterocycles. The van der Waals surface area contributed by atoms with Crippen LogP contribution in [0.15, 0.2) is 53.4 Å². The number of esters is 1. The summed E-state index contributed by atoms with van der Waals surface area (Å²) in [4.78, 5) is 24.1. The predicted octanol–water partition coefficient (Wildman–Crippen LogP) is 4.17. The van der Waals surface area contributed by atoms with Gasteiger partial charge in [0.25, 0.3) is 5.91 Å². The molecule has 1 amide bonds. The van der Waals surface area contributed by atoms with E-state index in [0.29, 0.717) is 5.75 Å². The van der Waals surface area contributed by atoms with Gasteiger partial charge in [-0.25, -0.2) is 4.79 Å². The van der Waals surface area contributed by atoms with Gasteiger partial charge in [0.2, 0.25) is 0 Å². The maximum atomic E-state index is 12.3. The summed E-state index contributed by atoms with van der Waals surface area (Å²) in [7, 11) is 1.55. The molecule has 150 valence electrons. The molecule has 1 N–H and O–H groups in total. The second kappa shape index (κ2) is 9.50. The summed E-state index contributed by atoms with van der Waals surface area (Å²) in [5.74, 6) is -0.596. The van der Waals surface area contributed by atoms with Gasteiger partial charge in [-0.2, -0.15) is 13.2 Å². The quantitative estimate of drug-likeness (QED) is 0.545. The zero-order valence-electron chi connectivity index (χ0n) is 15.1. The summed E-state index contributed by atoms with van der Waals surface area (Å²) in [5, 5.41) is 2.64. The van der Waals surface area contributed by atoms with Crippen LogP contribution in [0.5, 0.6) is 5.75 Å². The van der Waals surface area contributed by atoms with E-state index in [-0.39, 0.29) is 28.8 Å². The Hall–Kier alpha value is -2.68.